The molecule has 2 aliphatic heterocycles. The Morgan fingerprint density at radius 2 is 1.40 bits per heavy atom. The molecule has 1 unspecified atom stereocenters. The zero-order valence-electron chi connectivity index (χ0n) is 27.8. The molecule has 2 aromatic heterocycles. The molecular weight excluding hydrogens is 736 g/mol. The Balaban J connectivity index is 0.000000174. The van der Waals surface area contributed by atoms with Crippen molar-refractivity contribution >= 4 is 58.0 Å². The average molecular weight is 776 g/mol. The number of nitrogens with zero attached hydrogens (tertiary/aromatic N) is 5. The van der Waals surface area contributed by atoms with Gasteiger partial charge < -0.3 is 24.9 Å². The Morgan fingerprint density at radius 3 is 2.00 bits per heavy atom. The molecule has 2 aliphatic rings. The molecule has 0 bridgehead atoms. The summed E-state index contributed by atoms with van der Waals surface area (Å²) in [6.07, 6.45) is 4.61. The molecule has 2 fully saturated rings. The van der Waals surface area contributed by atoms with Crippen LogP contribution in [0.5, 0.6) is 0 Å². The number of morpholine rings is 1. The Bertz CT molecular complexity index is 1900. The normalized spacial score (nSPS) is 15.7. The van der Waals surface area contributed by atoms with Crippen molar-refractivity contribution in [2.45, 2.75) is 38.4 Å². The third-order valence-electron chi connectivity index (χ3n) is 9.07. The molecule has 8 nitrogen and oxygen atoms in total. The predicted octanol–water partition coefficient (Wildman–Crippen LogP) is 8.65. The van der Waals surface area contributed by atoms with Crippen LogP contribution in [0, 0.1) is 0 Å². The van der Waals surface area contributed by atoms with Crippen LogP contribution in [0.25, 0.3) is 22.5 Å². The maximum atomic E-state index is 6.44. The lowest BCUT2D eigenvalue weighted by Crippen LogP contribution is -2.41. The summed E-state index contributed by atoms with van der Waals surface area (Å²) in [5.74, 6) is 0.436. The Labute approximate surface area is 318 Å². The van der Waals surface area contributed by atoms with Crippen LogP contribution in [-0.4, -0.2) is 69.9 Å². The fraction of sp³-hybridized carbons (Fsp3) is 0.351. The molecule has 5 aromatic rings. The van der Waals surface area contributed by atoms with E-state index in [0.29, 0.717) is 26.0 Å². The molecule has 2 saturated heterocycles. The highest BCUT2D eigenvalue weighted by Gasteiger charge is 2.28. The molecule has 50 heavy (non-hydrogen) atoms. The van der Waals surface area contributed by atoms with Gasteiger partial charge in [0, 0.05) is 84.0 Å². The molecule has 3 N–H and O–H groups in total. The van der Waals surface area contributed by atoms with Gasteiger partial charge in [-0.25, -0.2) is 9.97 Å². The summed E-state index contributed by atoms with van der Waals surface area (Å²) < 4.78 is 9.75. The van der Waals surface area contributed by atoms with Gasteiger partial charge in [-0.1, -0.05) is 76.2 Å². The highest BCUT2D eigenvalue weighted by Crippen LogP contribution is 2.36. The number of nitrogens with one attached hydrogen (secondary N) is 1. The molecule has 7 rings (SSSR count). The molecule has 1 atom stereocenters. The van der Waals surface area contributed by atoms with E-state index in [1.807, 2.05) is 62.0 Å². The summed E-state index contributed by atoms with van der Waals surface area (Å²) in [4.78, 5) is 11.7. The van der Waals surface area contributed by atoms with Gasteiger partial charge in [0.15, 0.2) is 0 Å². The predicted molar refractivity (Wildman–Crippen MR) is 206 cm³/mol. The number of ether oxygens (including phenoxy) is 1. The minimum absolute atomic E-state index is 0.140. The smallest absolute Gasteiger partial charge is 0.0956 e. The zero-order valence-corrected chi connectivity index (χ0v) is 31.5. The van der Waals surface area contributed by atoms with Crippen LogP contribution < -0.4 is 11.1 Å². The van der Waals surface area contributed by atoms with Gasteiger partial charge in [-0.3, -0.25) is 4.90 Å². The SMILES string of the molecule is CC(N)c1c(-c2ccc(Cl)cc2Cl)ncn1CCN1CCOCC1.Clc1ccc(-c2ncn(CCc3ccccc3Cl)c2C2CNC2)c(Cl)c1. The summed E-state index contributed by atoms with van der Waals surface area (Å²) in [5.41, 5.74) is 13.1. The topological polar surface area (TPSA) is 86.2 Å². The number of rotatable bonds is 10. The Hall–Kier alpha value is -2.63. The van der Waals surface area contributed by atoms with Crippen molar-refractivity contribution in [3.8, 4) is 22.5 Å². The average Bonchev–Trinajstić information content (AvgIpc) is 3.68. The first kappa shape index (κ1) is 37.1. The fourth-order valence-corrected chi connectivity index (χ4v) is 7.55. The van der Waals surface area contributed by atoms with E-state index in [2.05, 4.69) is 35.4 Å². The number of hydrogen-bond acceptors (Lipinski definition) is 6. The number of benzene rings is 3. The minimum Gasteiger partial charge on any atom is -0.379 e. The van der Waals surface area contributed by atoms with Gasteiger partial charge in [-0.2, -0.15) is 0 Å². The Morgan fingerprint density at radius 1 is 0.780 bits per heavy atom. The maximum absolute atomic E-state index is 6.44. The molecule has 0 spiro atoms. The lowest BCUT2D eigenvalue weighted by molar-refractivity contribution is 0.0363. The highest BCUT2D eigenvalue weighted by molar-refractivity contribution is 6.37. The zero-order chi connectivity index (χ0) is 35.2. The fourth-order valence-electron chi connectivity index (χ4n) is 6.32. The standard InChI is InChI=1S/C20H18Cl3N3.C17H22Cl2N4O/c21-15-5-6-16(18(23)9-15)19-20(14-10-24-11-14)26(12-25-19)8-7-13-3-1-2-4-17(13)22;1-12(20)17-16(14-3-2-13(18)10-15(14)19)21-11-23(17)5-4-22-6-8-24-9-7-22/h1-6,9,12,14,24H,7-8,10-11H2;2-3,10-12H,4-9,20H2,1H3. The van der Waals surface area contributed by atoms with Crippen LogP contribution in [0.1, 0.15) is 35.8 Å². The summed E-state index contributed by atoms with van der Waals surface area (Å²) >= 11 is 31.1. The molecule has 4 heterocycles. The van der Waals surface area contributed by atoms with Crippen molar-refractivity contribution in [1.29, 1.82) is 0 Å². The Kier molecular flexibility index (Phi) is 12.8. The molecular formula is C37H40Cl5N7O. The van der Waals surface area contributed by atoms with Gasteiger partial charge >= 0.3 is 0 Å². The van der Waals surface area contributed by atoms with Crippen molar-refractivity contribution in [2.75, 3.05) is 45.9 Å². The van der Waals surface area contributed by atoms with E-state index in [0.717, 1.165) is 104 Å². The van der Waals surface area contributed by atoms with Gasteiger partial charge in [0.2, 0.25) is 0 Å². The van der Waals surface area contributed by atoms with Crippen molar-refractivity contribution in [3.63, 3.8) is 0 Å². The molecule has 3 aromatic carbocycles. The van der Waals surface area contributed by atoms with Crippen LogP contribution in [0.3, 0.4) is 0 Å². The molecule has 0 saturated carbocycles. The van der Waals surface area contributed by atoms with Crippen molar-refractivity contribution in [3.05, 3.63) is 115 Å². The van der Waals surface area contributed by atoms with Gasteiger partial charge in [0.25, 0.3) is 0 Å². The minimum atomic E-state index is -0.140. The molecule has 264 valence electrons. The van der Waals surface area contributed by atoms with Gasteiger partial charge in [0.1, 0.15) is 0 Å². The largest absolute Gasteiger partial charge is 0.379 e. The summed E-state index contributed by atoms with van der Waals surface area (Å²) in [7, 11) is 0. The molecule has 0 radical (unpaired) electrons. The second kappa shape index (κ2) is 17.3. The van der Waals surface area contributed by atoms with E-state index < -0.39 is 0 Å². The van der Waals surface area contributed by atoms with Gasteiger partial charge in [-0.15, -0.1) is 0 Å². The summed E-state index contributed by atoms with van der Waals surface area (Å²) in [6, 6.07) is 18.8. The first-order valence-electron chi connectivity index (χ1n) is 16.7. The van der Waals surface area contributed by atoms with Crippen molar-refractivity contribution in [1.82, 2.24) is 29.3 Å². The van der Waals surface area contributed by atoms with E-state index >= 15 is 0 Å². The number of halogens is 5. The van der Waals surface area contributed by atoms with Crippen LogP contribution in [0.15, 0.2) is 73.3 Å². The maximum Gasteiger partial charge on any atom is 0.0956 e. The molecule has 0 aliphatic carbocycles. The van der Waals surface area contributed by atoms with E-state index in [1.54, 1.807) is 12.1 Å². The van der Waals surface area contributed by atoms with Gasteiger partial charge in [0.05, 0.1) is 58.7 Å². The van der Waals surface area contributed by atoms with Crippen LogP contribution in [-0.2, 0) is 24.2 Å². The van der Waals surface area contributed by atoms with Crippen LogP contribution in [0.4, 0.5) is 0 Å². The van der Waals surface area contributed by atoms with Crippen molar-refractivity contribution in [2.24, 2.45) is 5.73 Å². The van der Waals surface area contributed by atoms with E-state index in [9.17, 15) is 0 Å². The van der Waals surface area contributed by atoms with E-state index in [1.165, 1.54) is 5.69 Å². The molecule has 0 amide bonds. The first-order chi connectivity index (χ1) is 24.2. The first-order valence-corrected chi connectivity index (χ1v) is 18.6. The van der Waals surface area contributed by atoms with Crippen LogP contribution >= 0.6 is 58.0 Å². The molecule has 13 heteroatoms. The van der Waals surface area contributed by atoms with E-state index in [-0.39, 0.29) is 6.04 Å². The highest BCUT2D eigenvalue weighted by atomic mass is 35.5. The van der Waals surface area contributed by atoms with E-state index in [4.69, 9.17) is 68.5 Å². The lowest BCUT2D eigenvalue weighted by atomic mass is 9.94. The number of aromatic nitrogens is 4. The number of imidazole rings is 2. The van der Waals surface area contributed by atoms with Gasteiger partial charge in [-0.05, 0) is 61.4 Å². The number of hydrogen-bond donors (Lipinski definition) is 2. The lowest BCUT2D eigenvalue weighted by Gasteiger charge is -2.29. The second-order valence-corrected chi connectivity index (χ2v) is 14.6. The quantitative estimate of drug-likeness (QED) is 0.148. The number of aryl methyl sites for hydroxylation is 2. The summed E-state index contributed by atoms with van der Waals surface area (Å²) in [6.45, 7) is 10.0. The van der Waals surface area contributed by atoms with Crippen molar-refractivity contribution < 1.29 is 4.74 Å². The monoisotopic (exact) mass is 773 g/mol. The third-order valence-corrected chi connectivity index (χ3v) is 10.5. The third kappa shape index (κ3) is 8.87. The summed E-state index contributed by atoms with van der Waals surface area (Å²) in [5, 5.41) is 6.60. The number of nitrogens with two attached hydrogens (primary N) is 1. The van der Waals surface area contributed by atoms with Crippen LogP contribution in [0.2, 0.25) is 25.1 Å². The second-order valence-electron chi connectivity index (χ2n) is 12.5.